The summed E-state index contributed by atoms with van der Waals surface area (Å²) in [6, 6.07) is 12.1. The van der Waals surface area contributed by atoms with E-state index in [4.69, 9.17) is 21.1 Å². The minimum atomic E-state index is -0.350. The van der Waals surface area contributed by atoms with Crippen molar-refractivity contribution in [2.75, 3.05) is 30.1 Å². The molecule has 0 spiro atoms. The maximum Gasteiger partial charge on any atom is 0.319 e. The second-order valence-electron chi connectivity index (χ2n) is 6.43. The van der Waals surface area contributed by atoms with Gasteiger partial charge in [-0.3, -0.25) is 4.79 Å². The highest BCUT2D eigenvalue weighted by molar-refractivity contribution is 6.33. The molecule has 0 aromatic heterocycles. The SMILES string of the molecule is O=C(NC[C@@H]1CC(=O)N(c2ccc3c(c2)OCO3)C1)Nc1ccccc1Cl. The number of para-hydroxylation sites is 1. The van der Waals surface area contributed by atoms with E-state index in [0.29, 0.717) is 41.7 Å². The Hall–Kier alpha value is -2.93. The number of urea groups is 1. The predicted molar refractivity (Wildman–Crippen MR) is 101 cm³/mol. The average molecular weight is 388 g/mol. The molecule has 0 saturated carbocycles. The number of benzene rings is 2. The Morgan fingerprint density at radius 3 is 2.85 bits per heavy atom. The van der Waals surface area contributed by atoms with Gasteiger partial charge in [0.25, 0.3) is 0 Å². The van der Waals surface area contributed by atoms with E-state index in [1.807, 2.05) is 6.07 Å². The molecule has 7 nitrogen and oxygen atoms in total. The van der Waals surface area contributed by atoms with Gasteiger partial charge in [0.05, 0.1) is 10.7 Å². The van der Waals surface area contributed by atoms with Gasteiger partial charge in [0, 0.05) is 37.2 Å². The maximum atomic E-state index is 12.4. The summed E-state index contributed by atoms with van der Waals surface area (Å²) in [6.45, 7) is 1.12. The number of anilines is 2. The summed E-state index contributed by atoms with van der Waals surface area (Å²) in [7, 11) is 0. The van der Waals surface area contributed by atoms with Crippen molar-refractivity contribution < 1.29 is 19.1 Å². The highest BCUT2D eigenvalue weighted by Crippen LogP contribution is 2.37. The second kappa shape index (κ2) is 7.36. The van der Waals surface area contributed by atoms with Crippen LogP contribution in [0.15, 0.2) is 42.5 Å². The van der Waals surface area contributed by atoms with E-state index in [0.717, 1.165) is 5.69 Å². The van der Waals surface area contributed by atoms with Crippen LogP contribution < -0.4 is 25.0 Å². The van der Waals surface area contributed by atoms with E-state index >= 15 is 0 Å². The molecular weight excluding hydrogens is 370 g/mol. The topological polar surface area (TPSA) is 79.9 Å². The van der Waals surface area contributed by atoms with Gasteiger partial charge < -0.3 is 25.0 Å². The third kappa shape index (κ3) is 3.78. The molecule has 2 aromatic rings. The smallest absolute Gasteiger partial charge is 0.319 e. The van der Waals surface area contributed by atoms with E-state index in [-0.39, 0.29) is 24.6 Å². The number of carbonyl (C=O) groups is 2. The van der Waals surface area contributed by atoms with Crippen molar-refractivity contribution >= 4 is 34.9 Å². The van der Waals surface area contributed by atoms with Crippen LogP contribution in [-0.4, -0.2) is 31.8 Å². The Balaban J connectivity index is 1.33. The van der Waals surface area contributed by atoms with Crippen LogP contribution >= 0.6 is 11.6 Å². The number of carbonyl (C=O) groups excluding carboxylic acids is 2. The van der Waals surface area contributed by atoms with Gasteiger partial charge in [0.2, 0.25) is 12.7 Å². The Morgan fingerprint density at radius 2 is 2.00 bits per heavy atom. The van der Waals surface area contributed by atoms with E-state index in [9.17, 15) is 9.59 Å². The molecule has 2 aliphatic heterocycles. The van der Waals surface area contributed by atoms with E-state index in [2.05, 4.69) is 10.6 Å². The second-order valence-corrected chi connectivity index (χ2v) is 6.83. The Labute approximate surface area is 161 Å². The molecule has 140 valence electrons. The molecule has 2 aromatic carbocycles. The van der Waals surface area contributed by atoms with Gasteiger partial charge in [-0.2, -0.15) is 0 Å². The minimum absolute atomic E-state index is 0.0205. The van der Waals surface area contributed by atoms with Crippen LogP contribution in [0.3, 0.4) is 0 Å². The lowest BCUT2D eigenvalue weighted by Gasteiger charge is -2.17. The molecule has 8 heteroatoms. The molecule has 0 bridgehead atoms. The average Bonchev–Trinajstić information content (AvgIpc) is 3.27. The number of halogens is 1. The summed E-state index contributed by atoms with van der Waals surface area (Å²) >= 11 is 6.03. The number of hydrogen-bond donors (Lipinski definition) is 2. The summed E-state index contributed by atoms with van der Waals surface area (Å²) in [5, 5.41) is 5.98. The standard InChI is InChI=1S/C19H18ClN3O4/c20-14-3-1-2-4-15(14)22-19(25)21-9-12-7-18(24)23(10-12)13-5-6-16-17(8-13)27-11-26-16/h1-6,8,12H,7,9-11H2,(H2,21,22,25)/t12-/m0/s1. The molecule has 2 heterocycles. The fourth-order valence-electron chi connectivity index (χ4n) is 3.19. The molecule has 2 aliphatic rings. The lowest BCUT2D eigenvalue weighted by Crippen LogP contribution is -2.34. The van der Waals surface area contributed by atoms with Crippen LogP contribution in [0.4, 0.5) is 16.2 Å². The lowest BCUT2D eigenvalue weighted by atomic mass is 10.1. The van der Waals surface area contributed by atoms with Gasteiger partial charge in [0.1, 0.15) is 0 Å². The summed E-state index contributed by atoms with van der Waals surface area (Å²) in [5.74, 6) is 1.37. The molecule has 2 N–H and O–H groups in total. The Morgan fingerprint density at radius 1 is 1.19 bits per heavy atom. The van der Waals surface area contributed by atoms with Gasteiger partial charge >= 0.3 is 6.03 Å². The van der Waals surface area contributed by atoms with Crippen molar-refractivity contribution in [3.05, 3.63) is 47.5 Å². The van der Waals surface area contributed by atoms with E-state index < -0.39 is 0 Å². The van der Waals surface area contributed by atoms with Crippen LogP contribution in [-0.2, 0) is 4.79 Å². The third-order valence-corrected chi connectivity index (χ3v) is 4.88. The lowest BCUT2D eigenvalue weighted by molar-refractivity contribution is -0.117. The highest BCUT2D eigenvalue weighted by atomic mass is 35.5. The molecular formula is C19H18ClN3O4. The van der Waals surface area contributed by atoms with Crippen molar-refractivity contribution in [1.82, 2.24) is 5.32 Å². The minimum Gasteiger partial charge on any atom is -0.454 e. The normalized spacial score (nSPS) is 17.9. The Bertz CT molecular complexity index is 889. The predicted octanol–water partition coefficient (Wildman–Crippen LogP) is 3.24. The zero-order chi connectivity index (χ0) is 18.8. The van der Waals surface area contributed by atoms with Crippen LogP contribution in [0.5, 0.6) is 11.5 Å². The number of hydrogen-bond acceptors (Lipinski definition) is 4. The molecule has 0 unspecified atom stereocenters. The molecule has 3 amide bonds. The zero-order valence-corrected chi connectivity index (χ0v) is 15.2. The summed E-state index contributed by atoms with van der Waals surface area (Å²) < 4.78 is 10.7. The van der Waals surface area contributed by atoms with Crippen molar-refractivity contribution in [1.29, 1.82) is 0 Å². The van der Waals surface area contributed by atoms with Crippen LogP contribution in [0, 0.1) is 5.92 Å². The van der Waals surface area contributed by atoms with Gasteiger partial charge in [-0.1, -0.05) is 23.7 Å². The first-order chi connectivity index (χ1) is 13.1. The van der Waals surface area contributed by atoms with Crippen molar-refractivity contribution in [2.24, 2.45) is 5.92 Å². The first-order valence-electron chi connectivity index (χ1n) is 8.59. The molecule has 1 fully saturated rings. The number of amides is 3. The molecule has 1 atom stereocenters. The van der Waals surface area contributed by atoms with Gasteiger partial charge in [-0.05, 0) is 24.3 Å². The molecule has 4 rings (SSSR count). The quantitative estimate of drug-likeness (QED) is 0.844. The van der Waals surface area contributed by atoms with Gasteiger partial charge in [0.15, 0.2) is 11.5 Å². The first kappa shape index (κ1) is 17.5. The van der Waals surface area contributed by atoms with Gasteiger partial charge in [-0.15, -0.1) is 0 Å². The number of nitrogens with zero attached hydrogens (tertiary/aromatic N) is 1. The van der Waals surface area contributed by atoms with Crippen LogP contribution in [0.1, 0.15) is 6.42 Å². The summed E-state index contributed by atoms with van der Waals surface area (Å²) in [4.78, 5) is 26.2. The van der Waals surface area contributed by atoms with Crippen molar-refractivity contribution in [2.45, 2.75) is 6.42 Å². The zero-order valence-electron chi connectivity index (χ0n) is 14.4. The summed E-state index contributed by atoms with van der Waals surface area (Å²) in [5.41, 5.74) is 1.31. The first-order valence-corrected chi connectivity index (χ1v) is 8.97. The largest absolute Gasteiger partial charge is 0.454 e. The Kier molecular flexibility index (Phi) is 4.77. The van der Waals surface area contributed by atoms with E-state index in [1.165, 1.54) is 0 Å². The summed E-state index contributed by atoms with van der Waals surface area (Å²) in [6.07, 6.45) is 0.376. The van der Waals surface area contributed by atoms with Gasteiger partial charge in [-0.25, -0.2) is 4.79 Å². The van der Waals surface area contributed by atoms with Crippen molar-refractivity contribution in [3.8, 4) is 11.5 Å². The van der Waals surface area contributed by atoms with Crippen molar-refractivity contribution in [3.63, 3.8) is 0 Å². The van der Waals surface area contributed by atoms with Crippen LogP contribution in [0.25, 0.3) is 0 Å². The number of nitrogens with one attached hydrogen (secondary N) is 2. The number of ether oxygens (including phenoxy) is 2. The fourth-order valence-corrected chi connectivity index (χ4v) is 3.37. The maximum absolute atomic E-state index is 12.4. The monoisotopic (exact) mass is 387 g/mol. The number of fused-ring (bicyclic) bond motifs is 1. The van der Waals surface area contributed by atoms with E-state index in [1.54, 1.807) is 41.3 Å². The third-order valence-electron chi connectivity index (χ3n) is 4.55. The number of rotatable bonds is 4. The molecule has 27 heavy (non-hydrogen) atoms. The molecule has 0 radical (unpaired) electrons. The van der Waals surface area contributed by atoms with Crippen LogP contribution in [0.2, 0.25) is 5.02 Å². The molecule has 1 saturated heterocycles. The fraction of sp³-hybridized carbons (Fsp3) is 0.263. The molecule has 0 aliphatic carbocycles. The highest BCUT2D eigenvalue weighted by Gasteiger charge is 2.31.